The number of pyridine rings is 1. The van der Waals surface area contributed by atoms with E-state index in [1.54, 1.807) is 24.4 Å². The fourth-order valence-corrected chi connectivity index (χ4v) is 2.37. The van der Waals surface area contributed by atoms with E-state index in [9.17, 15) is 4.79 Å². The van der Waals surface area contributed by atoms with Gasteiger partial charge >= 0.3 is 5.97 Å². The van der Waals surface area contributed by atoms with Crippen LogP contribution in [0.2, 0.25) is 5.02 Å². The molecule has 0 aliphatic heterocycles. The van der Waals surface area contributed by atoms with E-state index in [0.717, 1.165) is 10.9 Å². The van der Waals surface area contributed by atoms with Gasteiger partial charge in [0.15, 0.2) is 5.75 Å². The zero-order valence-electron chi connectivity index (χ0n) is 11.7. The molecule has 4 nitrogen and oxygen atoms in total. The van der Waals surface area contributed by atoms with Crippen molar-refractivity contribution in [1.29, 1.82) is 0 Å². The molecular weight excluding hydrogens is 302 g/mol. The van der Waals surface area contributed by atoms with E-state index in [0.29, 0.717) is 17.1 Å². The van der Waals surface area contributed by atoms with Crippen molar-refractivity contribution in [2.45, 2.75) is 0 Å². The van der Waals surface area contributed by atoms with Crippen LogP contribution in [0.4, 0.5) is 0 Å². The van der Waals surface area contributed by atoms with Gasteiger partial charge in [0.05, 0.1) is 17.7 Å². The second-order valence-electron chi connectivity index (χ2n) is 4.57. The molecule has 1 heterocycles. The predicted molar refractivity (Wildman–Crippen MR) is 84.6 cm³/mol. The van der Waals surface area contributed by atoms with Crippen LogP contribution in [0, 0.1) is 0 Å². The molecule has 0 N–H and O–H groups in total. The first-order valence-corrected chi connectivity index (χ1v) is 6.96. The Kier molecular flexibility index (Phi) is 3.94. The number of aromatic nitrogens is 1. The first-order chi connectivity index (χ1) is 10.7. The van der Waals surface area contributed by atoms with Crippen molar-refractivity contribution in [3.8, 4) is 11.5 Å². The normalized spacial score (nSPS) is 10.5. The molecular formula is C17H12ClNO3. The van der Waals surface area contributed by atoms with Gasteiger partial charge in [-0.25, -0.2) is 4.79 Å². The number of carbonyl (C=O) groups is 1. The molecule has 0 atom stereocenters. The van der Waals surface area contributed by atoms with Crippen molar-refractivity contribution in [2.75, 3.05) is 7.11 Å². The molecule has 0 unspecified atom stereocenters. The Labute approximate surface area is 132 Å². The van der Waals surface area contributed by atoms with Crippen molar-refractivity contribution in [1.82, 2.24) is 4.98 Å². The van der Waals surface area contributed by atoms with Gasteiger partial charge in [0.1, 0.15) is 11.3 Å². The van der Waals surface area contributed by atoms with Gasteiger partial charge in [-0.3, -0.25) is 4.98 Å². The number of carbonyl (C=O) groups excluding carboxylic acids is 1. The average molecular weight is 314 g/mol. The van der Waals surface area contributed by atoms with Gasteiger partial charge in [0, 0.05) is 17.6 Å². The molecule has 3 aromatic rings. The number of fused-ring (bicyclic) bond motifs is 1. The highest BCUT2D eigenvalue weighted by molar-refractivity contribution is 6.33. The van der Waals surface area contributed by atoms with Crippen LogP contribution in [-0.4, -0.2) is 18.1 Å². The minimum atomic E-state index is -0.483. The smallest absolute Gasteiger partial charge is 0.339 e. The van der Waals surface area contributed by atoms with E-state index >= 15 is 0 Å². The van der Waals surface area contributed by atoms with E-state index in [4.69, 9.17) is 16.3 Å². The largest absolute Gasteiger partial charge is 0.465 e. The number of nitrogens with zero attached hydrogens (tertiary/aromatic N) is 1. The molecule has 0 aliphatic carbocycles. The summed E-state index contributed by atoms with van der Waals surface area (Å²) in [6.07, 6.45) is 1.71. The number of esters is 1. The molecule has 1 aromatic heterocycles. The van der Waals surface area contributed by atoms with Crippen LogP contribution in [0.5, 0.6) is 11.5 Å². The molecule has 0 bridgehead atoms. The Morgan fingerprint density at radius 1 is 1.14 bits per heavy atom. The molecule has 5 heteroatoms. The SMILES string of the molecule is COC(=O)c1ccc(Oc2cccc3cccnc23)cc1Cl. The number of hydrogen-bond acceptors (Lipinski definition) is 4. The van der Waals surface area contributed by atoms with Crippen LogP contribution >= 0.6 is 11.6 Å². The van der Waals surface area contributed by atoms with E-state index < -0.39 is 5.97 Å². The van der Waals surface area contributed by atoms with E-state index in [2.05, 4.69) is 9.72 Å². The molecule has 0 saturated carbocycles. The first kappa shape index (κ1) is 14.4. The van der Waals surface area contributed by atoms with Gasteiger partial charge in [-0.1, -0.05) is 29.8 Å². The molecule has 22 heavy (non-hydrogen) atoms. The van der Waals surface area contributed by atoms with E-state index in [1.165, 1.54) is 7.11 Å². The Morgan fingerprint density at radius 3 is 2.73 bits per heavy atom. The second kappa shape index (κ2) is 6.03. The maximum Gasteiger partial charge on any atom is 0.339 e. The lowest BCUT2D eigenvalue weighted by molar-refractivity contribution is 0.0601. The molecule has 2 aromatic carbocycles. The minimum Gasteiger partial charge on any atom is -0.465 e. The third kappa shape index (κ3) is 2.73. The summed E-state index contributed by atoms with van der Waals surface area (Å²) in [5, 5.41) is 1.26. The Bertz CT molecular complexity index is 843. The molecule has 0 radical (unpaired) electrons. The lowest BCUT2D eigenvalue weighted by Crippen LogP contribution is -2.01. The highest BCUT2D eigenvalue weighted by Gasteiger charge is 2.12. The highest BCUT2D eigenvalue weighted by Crippen LogP contribution is 2.30. The predicted octanol–water partition coefficient (Wildman–Crippen LogP) is 4.47. The molecule has 0 spiro atoms. The fourth-order valence-electron chi connectivity index (χ4n) is 2.12. The van der Waals surface area contributed by atoms with Gasteiger partial charge < -0.3 is 9.47 Å². The lowest BCUT2D eigenvalue weighted by Gasteiger charge is -2.09. The average Bonchev–Trinajstić information content (AvgIpc) is 2.55. The van der Waals surface area contributed by atoms with Gasteiger partial charge in [-0.2, -0.15) is 0 Å². The topological polar surface area (TPSA) is 48.4 Å². The Morgan fingerprint density at radius 2 is 1.95 bits per heavy atom. The van der Waals surface area contributed by atoms with Crippen LogP contribution in [-0.2, 0) is 4.74 Å². The standard InChI is InChI=1S/C17H12ClNO3/c1-21-17(20)13-8-7-12(10-14(13)18)22-15-6-2-4-11-5-3-9-19-16(11)15/h2-10H,1H3. The van der Waals surface area contributed by atoms with Gasteiger partial charge in [0.2, 0.25) is 0 Å². The molecule has 0 amide bonds. The van der Waals surface area contributed by atoms with Gasteiger partial charge in [0.25, 0.3) is 0 Å². The number of rotatable bonds is 3. The Balaban J connectivity index is 1.96. The fraction of sp³-hybridized carbons (Fsp3) is 0.0588. The van der Waals surface area contributed by atoms with E-state index in [1.807, 2.05) is 30.3 Å². The Hall–Kier alpha value is -2.59. The molecule has 0 aliphatic rings. The van der Waals surface area contributed by atoms with Crippen LogP contribution < -0.4 is 4.74 Å². The summed E-state index contributed by atoms with van der Waals surface area (Å²) >= 11 is 6.09. The van der Waals surface area contributed by atoms with E-state index in [-0.39, 0.29) is 5.02 Å². The maximum atomic E-state index is 11.5. The molecule has 0 saturated heterocycles. The summed E-state index contributed by atoms with van der Waals surface area (Å²) < 4.78 is 10.5. The van der Waals surface area contributed by atoms with Crippen LogP contribution in [0.25, 0.3) is 10.9 Å². The number of halogens is 1. The molecule has 0 fully saturated rings. The number of para-hydroxylation sites is 1. The van der Waals surface area contributed by atoms with Crippen molar-refractivity contribution >= 4 is 28.5 Å². The summed E-state index contributed by atoms with van der Waals surface area (Å²) in [5.41, 5.74) is 1.06. The molecule has 110 valence electrons. The summed E-state index contributed by atoms with van der Waals surface area (Å²) in [4.78, 5) is 15.8. The summed E-state index contributed by atoms with van der Waals surface area (Å²) in [7, 11) is 1.31. The van der Waals surface area contributed by atoms with Gasteiger partial charge in [-0.05, 0) is 24.3 Å². The quantitative estimate of drug-likeness (QED) is 0.669. The monoisotopic (exact) mass is 313 g/mol. The van der Waals surface area contributed by atoms with Crippen molar-refractivity contribution < 1.29 is 14.3 Å². The first-order valence-electron chi connectivity index (χ1n) is 6.58. The van der Waals surface area contributed by atoms with Crippen LogP contribution in [0.1, 0.15) is 10.4 Å². The third-order valence-corrected chi connectivity index (χ3v) is 3.48. The number of hydrogen-bond donors (Lipinski definition) is 0. The highest BCUT2D eigenvalue weighted by atomic mass is 35.5. The molecule has 3 rings (SSSR count). The summed E-state index contributed by atoms with van der Waals surface area (Å²) in [6, 6.07) is 14.3. The zero-order chi connectivity index (χ0) is 15.5. The van der Waals surface area contributed by atoms with Crippen molar-refractivity contribution in [3.05, 3.63) is 65.3 Å². The zero-order valence-corrected chi connectivity index (χ0v) is 12.5. The summed E-state index contributed by atoms with van der Waals surface area (Å²) in [6.45, 7) is 0. The minimum absolute atomic E-state index is 0.276. The number of ether oxygens (including phenoxy) is 2. The maximum absolute atomic E-state index is 11.5. The van der Waals surface area contributed by atoms with Crippen molar-refractivity contribution in [3.63, 3.8) is 0 Å². The third-order valence-electron chi connectivity index (χ3n) is 3.17. The van der Waals surface area contributed by atoms with Crippen LogP contribution in [0.15, 0.2) is 54.7 Å². The van der Waals surface area contributed by atoms with Crippen molar-refractivity contribution in [2.24, 2.45) is 0 Å². The number of benzene rings is 2. The summed E-state index contributed by atoms with van der Waals surface area (Å²) in [5.74, 6) is 0.666. The van der Waals surface area contributed by atoms with Crippen LogP contribution in [0.3, 0.4) is 0 Å². The number of methoxy groups -OCH3 is 1. The lowest BCUT2D eigenvalue weighted by atomic mass is 10.2. The van der Waals surface area contributed by atoms with Gasteiger partial charge in [-0.15, -0.1) is 0 Å². The second-order valence-corrected chi connectivity index (χ2v) is 4.97.